The molecule has 0 saturated carbocycles. The molecule has 0 bridgehead atoms. The standard InChI is InChI=1S/C17H19NO3/c1-11(19)12-4-6-13(7-5-12)18-10-14-15(20)8-17(2,3)9-16(14)21/h4-7,10,20H,8-9H2,1-3H3. The number of Topliss-reactive ketones (excluding diaryl/α,β-unsaturated/α-hetero) is 2. The number of hydrogen-bond donors (Lipinski definition) is 1. The molecule has 4 heteroatoms. The number of ketones is 2. The topological polar surface area (TPSA) is 66.7 Å². The number of benzene rings is 1. The second-order valence-corrected chi connectivity index (χ2v) is 6.16. The fourth-order valence-corrected chi connectivity index (χ4v) is 2.37. The van der Waals surface area contributed by atoms with Crippen molar-refractivity contribution in [2.75, 3.05) is 0 Å². The molecule has 2 rings (SSSR count). The first-order valence-corrected chi connectivity index (χ1v) is 6.89. The molecule has 0 aliphatic heterocycles. The molecule has 4 nitrogen and oxygen atoms in total. The van der Waals surface area contributed by atoms with E-state index in [-0.39, 0.29) is 28.3 Å². The first kappa shape index (κ1) is 15.2. The Morgan fingerprint density at radius 3 is 2.38 bits per heavy atom. The predicted molar refractivity (Wildman–Crippen MR) is 82.3 cm³/mol. The normalized spacial score (nSPS) is 18.3. The predicted octanol–water partition coefficient (Wildman–Crippen LogP) is 3.79. The van der Waals surface area contributed by atoms with Gasteiger partial charge in [0.1, 0.15) is 5.76 Å². The smallest absolute Gasteiger partial charge is 0.168 e. The van der Waals surface area contributed by atoms with Crippen molar-refractivity contribution in [1.82, 2.24) is 0 Å². The molecule has 110 valence electrons. The molecule has 1 aliphatic carbocycles. The van der Waals surface area contributed by atoms with Gasteiger partial charge in [0.2, 0.25) is 0 Å². The molecular formula is C17H19NO3. The summed E-state index contributed by atoms with van der Waals surface area (Å²) >= 11 is 0. The Kier molecular flexibility index (Phi) is 4.07. The first-order chi connectivity index (χ1) is 9.78. The van der Waals surface area contributed by atoms with Crippen molar-refractivity contribution >= 4 is 23.5 Å². The van der Waals surface area contributed by atoms with Crippen LogP contribution in [0.25, 0.3) is 0 Å². The second kappa shape index (κ2) is 5.64. The minimum absolute atomic E-state index is 0.00410. The van der Waals surface area contributed by atoms with Crippen molar-refractivity contribution < 1.29 is 14.7 Å². The minimum Gasteiger partial charge on any atom is -0.511 e. The van der Waals surface area contributed by atoms with Crippen LogP contribution >= 0.6 is 0 Å². The lowest BCUT2D eigenvalue weighted by Gasteiger charge is -2.28. The monoisotopic (exact) mass is 285 g/mol. The Morgan fingerprint density at radius 1 is 1.24 bits per heavy atom. The number of allylic oxidation sites excluding steroid dienone is 2. The third-order valence-corrected chi connectivity index (χ3v) is 3.51. The summed E-state index contributed by atoms with van der Waals surface area (Å²) in [6.07, 6.45) is 2.29. The quantitative estimate of drug-likeness (QED) is 0.678. The minimum atomic E-state index is -0.207. The number of carbonyl (C=O) groups excluding carboxylic acids is 2. The summed E-state index contributed by atoms with van der Waals surface area (Å²) in [7, 11) is 0. The zero-order valence-electron chi connectivity index (χ0n) is 12.5. The van der Waals surface area contributed by atoms with E-state index in [1.54, 1.807) is 24.3 Å². The molecule has 0 radical (unpaired) electrons. The largest absolute Gasteiger partial charge is 0.511 e. The summed E-state index contributed by atoms with van der Waals surface area (Å²) in [5.74, 6) is 0.00350. The highest BCUT2D eigenvalue weighted by Crippen LogP contribution is 2.35. The van der Waals surface area contributed by atoms with Crippen molar-refractivity contribution in [3.8, 4) is 0 Å². The zero-order chi connectivity index (χ0) is 15.6. The van der Waals surface area contributed by atoms with Gasteiger partial charge in [0.15, 0.2) is 11.6 Å². The average Bonchev–Trinajstić information content (AvgIpc) is 2.36. The van der Waals surface area contributed by atoms with Gasteiger partial charge in [0.25, 0.3) is 0 Å². The number of aliphatic hydroxyl groups is 1. The van der Waals surface area contributed by atoms with Crippen LogP contribution in [0.5, 0.6) is 0 Å². The number of aliphatic hydroxyl groups excluding tert-OH is 1. The van der Waals surface area contributed by atoms with Crippen LogP contribution in [-0.2, 0) is 4.79 Å². The number of rotatable bonds is 3. The summed E-state index contributed by atoms with van der Waals surface area (Å²) in [6, 6.07) is 6.80. The van der Waals surface area contributed by atoms with Crippen molar-refractivity contribution in [2.24, 2.45) is 10.4 Å². The molecule has 1 N–H and O–H groups in total. The highest BCUT2D eigenvalue weighted by Gasteiger charge is 2.32. The Bertz CT molecular complexity index is 637. The van der Waals surface area contributed by atoms with E-state index in [0.29, 0.717) is 24.1 Å². The van der Waals surface area contributed by atoms with Gasteiger partial charge in [-0.3, -0.25) is 14.6 Å². The molecule has 0 spiro atoms. The van der Waals surface area contributed by atoms with Crippen molar-refractivity contribution in [2.45, 2.75) is 33.6 Å². The molecule has 0 fully saturated rings. The van der Waals surface area contributed by atoms with Crippen LogP contribution in [0.2, 0.25) is 0 Å². The lowest BCUT2D eigenvalue weighted by atomic mass is 9.77. The Morgan fingerprint density at radius 2 is 1.86 bits per heavy atom. The van der Waals surface area contributed by atoms with E-state index in [9.17, 15) is 14.7 Å². The summed E-state index contributed by atoms with van der Waals surface area (Å²) in [6.45, 7) is 5.41. The number of carbonyl (C=O) groups is 2. The highest BCUT2D eigenvalue weighted by molar-refractivity contribution is 6.14. The van der Waals surface area contributed by atoms with Gasteiger partial charge in [-0.1, -0.05) is 13.8 Å². The average molecular weight is 285 g/mol. The Hall–Kier alpha value is -2.23. The third-order valence-electron chi connectivity index (χ3n) is 3.51. The molecule has 1 aliphatic rings. The molecule has 0 aromatic heterocycles. The Labute approximate surface area is 124 Å². The first-order valence-electron chi connectivity index (χ1n) is 6.89. The zero-order valence-corrected chi connectivity index (χ0v) is 12.5. The van der Waals surface area contributed by atoms with E-state index in [4.69, 9.17) is 0 Å². The fraction of sp³-hybridized carbons (Fsp3) is 0.353. The van der Waals surface area contributed by atoms with E-state index >= 15 is 0 Å². The van der Waals surface area contributed by atoms with Crippen molar-refractivity contribution in [3.05, 3.63) is 41.2 Å². The maximum atomic E-state index is 12.0. The SMILES string of the molecule is CC(=O)c1ccc(N=CC2=C(O)CC(C)(C)CC2=O)cc1. The Balaban J connectivity index is 2.21. The molecule has 1 aromatic carbocycles. The van der Waals surface area contributed by atoms with Crippen LogP contribution in [0.4, 0.5) is 5.69 Å². The van der Waals surface area contributed by atoms with E-state index < -0.39 is 0 Å². The van der Waals surface area contributed by atoms with Gasteiger partial charge in [0.05, 0.1) is 11.3 Å². The maximum absolute atomic E-state index is 12.0. The molecule has 21 heavy (non-hydrogen) atoms. The molecule has 0 amide bonds. The van der Waals surface area contributed by atoms with Crippen LogP contribution in [0.1, 0.15) is 44.0 Å². The van der Waals surface area contributed by atoms with E-state index in [1.165, 1.54) is 13.1 Å². The van der Waals surface area contributed by atoms with E-state index in [2.05, 4.69) is 4.99 Å². The van der Waals surface area contributed by atoms with Gasteiger partial charge in [-0.25, -0.2) is 0 Å². The molecular weight excluding hydrogens is 266 g/mol. The third kappa shape index (κ3) is 3.66. The summed E-state index contributed by atoms with van der Waals surface area (Å²) in [4.78, 5) is 27.4. The van der Waals surface area contributed by atoms with Crippen LogP contribution in [0.15, 0.2) is 40.6 Å². The van der Waals surface area contributed by atoms with Crippen molar-refractivity contribution in [3.63, 3.8) is 0 Å². The van der Waals surface area contributed by atoms with E-state index in [0.717, 1.165) is 0 Å². The van der Waals surface area contributed by atoms with Crippen LogP contribution in [-0.4, -0.2) is 22.9 Å². The van der Waals surface area contributed by atoms with Gasteiger partial charge in [-0.15, -0.1) is 0 Å². The number of nitrogens with zero attached hydrogens (tertiary/aromatic N) is 1. The van der Waals surface area contributed by atoms with Gasteiger partial charge in [0, 0.05) is 24.6 Å². The molecule has 0 unspecified atom stereocenters. The second-order valence-electron chi connectivity index (χ2n) is 6.16. The van der Waals surface area contributed by atoms with E-state index in [1.807, 2.05) is 13.8 Å². The highest BCUT2D eigenvalue weighted by atomic mass is 16.3. The number of aliphatic imine (C=N–C) groups is 1. The van der Waals surface area contributed by atoms with Crippen LogP contribution < -0.4 is 0 Å². The van der Waals surface area contributed by atoms with Gasteiger partial charge >= 0.3 is 0 Å². The number of hydrogen-bond acceptors (Lipinski definition) is 4. The van der Waals surface area contributed by atoms with Gasteiger partial charge in [-0.2, -0.15) is 0 Å². The lowest BCUT2D eigenvalue weighted by molar-refractivity contribution is -0.117. The maximum Gasteiger partial charge on any atom is 0.168 e. The molecule has 1 aromatic rings. The summed E-state index contributed by atoms with van der Waals surface area (Å²) < 4.78 is 0. The fourth-order valence-electron chi connectivity index (χ4n) is 2.37. The molecule has 0 saturated heterocycles. The summed E-state index contributed by atoms with van der Waals surface area (Å²) in [5, 5.41) is 9.99. The van der Waals surface area contributed by atoms with Gasteiger partial charge < -0.3 is 5.11 Å². The lowest BCUT2D eigenvalue weighted by Crippen LogP contribution is -2.26. The molecule has 0 atom stereocenters. The van der Waals surface area contributed by atoms with Crippen LogP contribution in [0.3, 0.4) is 0 Å². The molecule has 0 heterocycles. The van der Waals surface area contributed by atoms with Crippen LogP contribution in [0, 0.1) is 5.41 Å². The van der Waals surface area contributed by atoms with Gasteiger partial charge in [-0.05, 0) is 36.6 Å². The summed E-state index contributed by atoms with van der Waals surface area (Å²) in [5.41, 5.74) is 1.33. The van der Waals surface area contributed by atoms with Crippen molar-refractivity contribution in [1.29, 1.82) is 0 Å².